The summed E-state index contributed by atoms with van der Waals surface area (Å²) in [7, 11) is 0. The number of hydrogen-bond donors (Lipinski definition) is 3. The molecule has 0 spiro atoms. The zero-order valence-corrected chi connectivity index (χ0v) is 15.2. The van der Waals surface area contributed by atoms with E-state index in [0.717, 1.165) is 35.7 Å². The van der Waals surface area contributed by atoms with E-state index >= 15 is 0 Å². The van der Waals surface area contributed by atoms with Crippen LogP contribution < -0.4 is 0 Å². The van der Waals surface area contributed by atoms with Crippen molar-refractivity contribution < 1.29 is 19.0 Å². The maximum Gasteiger partial charge on any atom is 0.166 e. The summed E-state index contributed by atoms with van der Waals surface area (Å²) in [5.41, 5.74) is 3.27. The van der Waals surface area contributed by atoms with E-state index in [1.165, 1.54) is 6.07 Å². The fourth-order valence-corrected chi connectivity index (χ4v) is 3.66. The SMILES string of the molecule is OCC(O)CN1CCC=C(c2cc3c(-c4cccc(F)c4F)ccnc3[nH]2)C1. The van der Waals surface area contributed by atoms with E-state index < -0.39 is 17.7 Å². The first kappa shape index (κ1) is 18.7. The van der Waals surface area contributed by atoms with Gasteiger partial charge in [0.1, 0.15) is 5.65 Å². The normalized spacial score (nSPS) is 16.4. The molecule has 0 saturated carbocycles. The fraction of sp³-hybridized carbons (Fsp3) is 0.286. The Labute approximate surface area is 161 Å². The lowest BCUT2D eigenvalue weighted by molar-refractivity contribution is 0.0627. The van der Waals surface area contributed by atoms with E-state index in [1.54, 1.807) is 18.3 Å². The molecule has 146 valence electrons. The molecule has 5 nitrogen and oxygen atoms in total. The van der Waals surface area contributed by atoms with Crippen LogP contribution in [0.4, 0.5) is 8.78 Å². The number of halogens is 2. The molecule has 7 heteroatoms. The Bertz CT molecular complexity index is 1030. The van der Waals surface area contributed by atoms with Crippen molar-refractivity contribution >= 4 is 16.6 Å². The van der Waals surface area contributed by atoms with Gasteiger partial charge in [-0.1, -0.05) is 18.2 Å². The summed E-state index contributed by atoms with van der Waals surface area (Å²) >= 11 is 0. The van der Waals surface area contributed by atoms with Gasteiger partial charge in [-0.15, -0.1) is 0 Å². The molecule has 0 amide bonds. The zero-order valence-electron chi connectivity index (χ0n) is 15.2. The Hall–Kier alpha value is -2.61. The van der Waals surface area contributed by atoms with Crippen molar-refractivity contribution in [1.29, 1.82) is 0 Å². The molecule has 4 rings (SSSR count). The highest BCUT2D eigenvalue weighted by atomic mass is 19.2. The van der Waals surface area contributed by atoms with Gasteiger partial charge in [-0.3, -0.25) is 4.90 Å². The summed E-state index contributed by atoms with van der Waals surface area (Å²) in [5, 5.41) is 19.5. The van der Waals surface area contributed by atoms with Gasteiger partial charge in [0.25, 0.3) is 0 Å². The Kier molecular flexibility index (Phi) is 5.21. The summed E-state index contributed by atoms with van der Waals surface area (Å²) < 4.78 is 28.0. The Balaban J connectivity index is 1.69. The van der Waals surface area contributed by atoms with Crippen LogP contribution in [-0.2, 0) is 0 Å². The van der Waals surface area contributed by atoms with E-state index in [4.69, 9.17) is 5.11 Å². The number of H-pyrrole nitrogens is 1. The van der Waals surface area contributed by atoms with Gasteiger partial charge in [-0.05, 0) is 35.8 Å². The Morgan fingerprint density at radius 3 is 2.89 bits per heavy atom. The van der Waals surface area contributed by atoms with Gasteiger partial charge in [-0.25, -0.2) is 13.8 Å². The van der Waals surface area contributed by atoms with E-state index in [1.807, 2.05) is 6.07 Å². The average molecular weight is 385 g/mol. The monoisotopic (exact) mass is 385 g/mol. The molecule has 1 unspecified atom stereocenters. The van der Waals surface area contributed by atoms with Crippen molar-refractivity contribution in [3.05, 3.63) is 59.9 Å². The van der Waals surface area contributed by atoms with Crippen molar-refractivity contribution in [2.24, 2.45) is 0 Å². The van der Waals surface area contributed by atoms with Crippen LogP contribution in [0, 0.1) is 11.6 Å². The molecule has 2 aromatic heterocycles. The van der Waals surface area contributed by atoms with Crippen molar-refractivity contribution in [1.82, 2.24) is 14.9 Å². The van der Waals surface area contributed by atoms with Gasteiger partial charge in [0.15, 0.2) is 11.6 Å². The molecule has 1 atom stereocenters. The van der Waals surface area contributed by atoms with Crippen molar-refractivity contribution in [2.75, 3.05) is 26.2 Å². The smallest absolute Gasteiger partial charge is 0.166 e. The molecule has 1 aliphatic heterocycles. The van der Waals surface area contributed by atoms with Crippen molar-refractivity contribution in [3.63, 3.8) is 0 Å². The van der Waals surface area contributed by atoms with Gasteiger partial charge < -0.3 is 15.2 Å². The van der Waals surface area contributed by atoms with E-state index in [9.17, 15) is 13.9 Å². The summed E-state index contributed by atoms with van der Waals surface area (Å²) in [5.74, 6) is -1.76. The third kappa shape index (κ3) is 3.56. The zero-order chi connectivity index (χ0) is 19.7. The second-order valence-corrected chi connectivity index (χ2v) is 6.99. The van der Waals surface area contributed by atoms with Gasteiger partial charge in [0.05, 0.1) is 12.7 Å². The van der Waals surface area contributed by atoms with Crippen LogP contribution in [0.3, 0.4) is 0 Å². The quantitative estimate of drug-likeness (QED) is 0.632. The number of pyridine rings is 1. The number of β-amino-alcohol motifs (C(OH)–C–C–N with tert-alkyl or cyclic N) is 1. The molecular formula is C21H21F2N3O2. The molecule has 0 radical (unpaired) electrons. The first-order valence-corrected chi connectivity index (χ1v) is 9.19. The number of fused-ring (bicyclic) bond motifs is 1. The lowest BCUT2D eigenvalue weighted by atomic mass is 10.0. The Morgan fingerprint density at radius 1 is 1.21 bits per heavy atom. The highest BCUT2D eigenvalue weighted by Gasteiger charge is 2.20. The third-order valence-corrected chi connectivity index (χ3v) is 5.03. The number of benzene rings is 1. The maximum absolute atomic E-state index is 14.3. The highest BCUT2D eigenvalue weighted by Crippen LogP contribution is 2.32. The lowest BCUT2D eigenvalue weighted by Gasteiger charge is -2.28. The molecule has 3 aromatic rings. The van der Waals surface area contributed by atoms with Gasteiger partial charge in [0.2, 0.25) is 0 Å². The number of aliphatic hydroxyl groups excluding tert-OH is 2. The van der Waals surface area contributed by atoms with Crippen molar-refractivity contribution in [3.8, 4) is 11.1 Å². The summed E-state index contributed by atoms with van der Waals surface area (Å²) in [6, 6.07) is 7.72. The number of aromatic nitrogens is 2. The predicted molar refractivity (Wildman–Crippen MR) is 104 cm³/mol. The molecule has 1 aliphatic rings. The fourth-order valence-electron chi connectivity index (χ4n) is 3.66. The molecular weight excluding hydrogens is 364 g/mol. The number of nitrogens with one attached hydrogen (secondary N) is 1. The van der Waals surface area contributed by atoms with Gasteiger partial charge in [0, 0.05) is 42.5 Å². The summed E-state index contributed by atoms with van der Waals surface area (Å²) in [4.78, 5) is 9.66. The van der Waals surface area contributed by atoms with E-state index in [0.29, 0.717) is 24.3 Å². The Morgan fingerprint density at radius 2 is 2.07 bits per heavy atom. The lowest BCUT2D eigenvalue weighted by Crippen LogP contribution is -2.37. The minimum absolute atomic E-state index is 0.197. The molecule has 28 heavy (non-hydrogen) atoms. The largest absolute Gasteiger partial charge is 0.394 e. The number of rotatable bonds is 5. The number of hydrogen-bond acceptors (Lipinski definition) is 4. The highest BCUT2D eigenvalue weighted by molar-refractivity contribution is 5.95. The standard InChI is InChI=1S/C21H21F2N3O2/c22-18-5-1-4-16(20(18)23)15-6-7-24-21-17(15)9-19(25-21)13-3-2-8-26(10-13)11-14(28)12-27/h1,3-7,9,14,27-28H,2,8,10-12H2,(H,24,25). The summed E-state index contributed by atoms with van der Waals surface area (Å²) in [6.45, 7) is 1.55. The number of aliphatic hydroxyl groups is 2. The van der Waals surface area contributed by atoms with Crippen LogP contribution >= 0.6 is 0 Å². The van der Waals surface area contributed by atoms with Crippen LogP contribution in [0.25, 0.3) is 27.7 Å². The van der Waals surface area contributed by atoms with Crippen LogP contribution in [0.1, 0.15) is 12.1 Å². The molecule has 0 aliphatic carbocycles. The molecule has 0 fully saturated rings. The molecule has 3 heterocycles. The average Bonchev–Trinajstić information content (AvgIpc) is 3.15. The molecule has 1 aromatic carbocycles. The first-order chi connectivity index (χ1) is 13.6. The van der Waals surface area contributed by atoms with Crippen molar-refractivity contribution in [2.45, 2.75) is 12.5 Å². The minimum Gasteiger partial charge on any atom is -0.394 e. The van der Waals surface area contributed by atoms with Crippen LogP contribution in [0.5, 0.6) is 0 Å². The first-order valence-electron chi connectivity index (χ1n) is 9.19. The second-order valence-electron chi connectivity index (χ2n) is 6.99. The summed E-state index contributed by atoms with van der Waals surface area (Å²) in [6.07, 6.45) is 3.74. The number of nitrogens with zero attached hydrogens (tertiary/aromatic N) is 2. The van der Waals surface area contributed by atoms with Crippen LogP contribution in [-0.4, -0.2) is 57.4 Å². The maximum atomic E-state index is 14.3. The third-order valence-electron chi connectivity index (χ3n) is 5.03. The topological polar surface area (TPSA) is 72.4 Å². The molecule has 3 N–H and O–H groups in total. The second kappa shape index (κ2) is 7.79. The van der Waals surface area contributed by atoms with Gasteiger partial charge >= 0.3 is 0 Å². The number of aromatic amines is 1. The predicted octanol–water partition coefficient (Wildman–Crippen LogP) is 2.95. The van der Waals surface area contributed by atoms with E-state index in [-0.39, 0.29) is 12.2 Å². The van der Waals surface area contributed by atoms with E-state index in [2.05, 4.69) is 20.9 Å². The molecule has 0 saturated heterocycles. The van der Waals surface area contributed by atoms with Gasteiger partial charge in [-0.2, -0.15) is 0 Å². The van der Waals surface area contributed by atoms with Crippen LogP contribution in [0.2, 0.25) is 0 Å². The minimum atomic E-state index is -0.883. The van der Waals surface area contributed by atoms with Crippen LogP contribution in [0.15, 0.2) is 42.6 Å². The molecule has 0 bridgehead atoms.